The van der Waals surface area contributed by atoms with Crippen molar-refractivity contribution in [1.82, 2.24) is 89.7 Å². The number of thiazole rings is 2. The van der Waals surface area contributed by atoms with Crippen molar-refractivity contribution in [3.05, 3.63) is 359 Å². The molecule has 0 amide bonds. The van der Waals surface area contributed by atoms with Crippen LogP contribution >= 0.6 is 22.7 Å². The van der Waals surface area contributed by atoms with Crippen molar-refractivity contribution in [2.75, 3.05) is 0 Å². The highest BCUT2D eigenvalue weighted by Gasteiger charge is 2.19. The second kappa shape index (κ2) is 41.3. The molecule has 0 N–H and O–H groups in total. The largest absolute Gasteiger partial charge is 0.456 e. The summed E-state index contributed by atoms with van der Waals surface area (Å²) in [7, 11) is 0. The summed E-state index contributed by atoms with van der Waals surface area (Å²) in [5.74, 6) is 3.05. The molecule has 0 saturated heterocycles. The molecular formula is C85H64F2N18O10S2. The van der Waals surface area contributed by atoms with E-state index in [-0.39, 0.29) is 83.8 Å². The van der Waals surface area contributed by atoms with Gasteiger partial charge in [-0.05, 0) is 123 Å². The molecule has 28 nitrogen and oxygen atoms in total. The van der Waals surface area contributed by atoms with E-state index in [1.807, 2.05) is 56.3 Å². The van der Waals surface area contributed by atoms with Crippen molar-refractivity contribution in [3.8, 4) is 57.5 Å². The third-order valence-corrected chi connectivity index (χ3v) is 17.6. The molecule has 1 aromatic carbocycles. The number of halogens is 2. The Morgan fingerprint density at radius 2 is 0.735 bits per heavy atom. The average Bonchev–Trinajstić information content (AvgIpc) is 1.81. The Labute approximate surface area is 674 Å². The fraction of sp³-hybridized carbons (Fsp3) is 0.0941. The number of nitrogens with zero attached hydrogens (tertiary/aromatic N) is 18. The number of para-hydroxylation sites is 1. The fourth-order valence-electron chi connectivity index (χ4n) is 10.3. The van der Waals surface area contributed by atoms with Crippen molar-refractivity contribution in [1.29, 1.82) is 0 Å². The zero-order valence-electron chi connectivity index (χ0n) is 62.2. The van der Waals surface area contributed by atoms with E-state index in [0.717, 1.165) is 36.5 Å². The Morgan fingerprint density at radius 1 is 0.316 bits per heavy atom. The van der Waals surface area contributed by atoms with Crippen molar-refractivity contribution in [2.45, 2.75) is 52.9 Å². The Bertz CT molecular complexity index is 6010. The Kier molecular flexibility index (Phi) is 28.6. The number of aromatic nitrogens is 18. The van der Waals surface area contributed by atoms with Crippen LogP contribution in [0.4, 0.5) is 8.78 Å². The Hall–Kier alpha value is -15.3. The molecular weight excluding hydrogens is 1540 g/mol. The number of carbonyl (C=O) groups excluding carboxylic acids is 5. The lowest BCUT2D eigenvalue weighted by Crippen LogP contribution is -2.09. The van der Waals surface area contributed by atoms with Gasteiger partial charge in [-0.3, -0.25) is 73.8 Å². The molecule has 0 atom stereocenters. The first kappa shape index (κ1) is 81.2. The van der Waals surface area contributed by atoms with Crippen LogP contribution in [-0.2, 0) is 32.1 Å². The van der Waals surface area contributed by atoms with E-state index in [0.29, 0.717) is 80.1 Å². The second-order valence-corrected chi connectivity index (χ2v) is 27.0. The highest BCUT2D eigenvalue weighted by Crippen LogP contribution is 2.28. The number of ketones is 5. The van der Waals surface area contributed by atoms with Gasteiger partial charge in [0.2, 0.25) is 0 Å². The van der Waals surface area contributed by atoms with Gasteiger partial charge in [-0.1, -0.05) is 18.2 Å². The molecule has 0 spiro atoms. The van der Waals surface area contributed by atoms with Gasteiger partial charge in [-0.25, -0.2) is 48.7 Å². The molecule has 32 heteroatoms. The van der Waals surface area contributed by atoms with Crippen LogP contribution < -0.4 is 23.7 Å². The van der Waals surface area contributed by atoms with Gasteiger partial charge in [-0.2, -0.15) is 0 Å². The second-order valence-electron chi connectivity index (χ2n) is 24.6. The highest BCUT2D eigenvalue weighted by atomic mass is 32.1. The molecule has 0 aliphatic carbocycles. The molecule has 0 aliphatic rings. The van der Waals surface area contributed by atoms with Gasteiger partial charge in [0.15, 0.2) is 46.2 Å². The molecule has 0 unspecified atom stereocenters. The summed E-state index contributed by atoms with van der Waals surface area (Å²) in [5, 5.41) is 1.57. The van der Waals surface area contributed by atoms with Crippen LogP contribution in [0.15, 0.2) is 276 Å². The molecule has 0 bridgehead atoms. The predicted molar refractivity (Wildman–Crippen MR) is 425 cm³/mol. The lowest BCUT2D eigenvalue weighted by atomic mass is 10.1. The van der Waals surface area contributed by atoms with E-state index in [9.17, 15) is 32.8 Å². The van der Waals surface area contributed by atoms with E-state index in [4.69, 9.17) is 23.7 Å². The van der Waals surface area contributed by atoms with Gasteiger partial charge in [0.25, 0.3) is 0 Å². The van der Waals surface area contributed by atoms with Gasteiger partial charge >= 0.3 is 0 Å². The molecule has 0 fully saturated rings. The zero-order valence-corrected chi connectivity index (χ0v) is 63.9. The van der Waals surface area contributed by atoms with Gasteiger partial charge in [-0.15, -0.1) is 22.7 Å². The number of hydrogen-bond donors (Lipinski definition) is 0. The SMILES string of the molecule is Cc1cccc(CC(=O)c2cc(Oc3cccnc3)ccn2)n1.Cc1cnc(CC(=O)c2cc(Oc3cccnc3)ccn2)s1.Cc1cnc(CC(=O)c2cc(Oc3cncnc3)ccn2)c(F)c1.O=C(Cc1nc2ccccc2s1)c1cc(Oc2cncnc2)ccn1.O=C(Cc1ncccc1F)c1cc(Oc2cncnc2)ccn1. The summed E-state index contributed by atoms with van der Waals surface area (Å²) in [6.45, 7) is 5.60. The molecule has 0 saturated carbocycles. The van der Waals surface area contributed by atoms with E-state index < -0.39 is 11.6 Å². The summed E-state index contributed by atoms with van der Waals surface area (Å²) in [6.07, 6.45) is 32.5. The quantitative estimate of drug-likeness (QED) is 0.0480. The van der Waals surface area contributed by atoms with Crippen molar-refractivity contribution in [3.63, 3.8) is 0 Å². The summed E-state index contributed by atoms with van der Waals surface area (Å²) in [4.78, 5) is 135. The van der Waals surface area contributed by atoms with E-state index in [2.05, 4.69) is 89.7 Å². The highest BCUT2D eigenvalue weighted by molar-refractivity contribution is 7.18. The van der Waals surface area contributed by atoms with Crippen molar-refractivity contribution >= 4 is 61.8 Å². The number of hydrogen-bond acceptors (Lipinski definition) is 30. The van der Waals surface area contributed by atoms with Crippen LogP contribution in [-0.4, -0.2) is 119 Å². The van der Waals surface area contributed by atoms with Gasteiger partial charge in [0.05, 0.1) is 103 Å². The normalized spacial score (nSPS) is 10.4. The first-order valence-corrected chi connectivity index (χ1v) is 37.0. The van der Waals surface area contributed by atoms with Gasteiger partial charge in [0, 0.05) is 109 Å². The lowest BCUT2D eigenvalue weighted by molar-refractivity contribution is 0.0977. The van der Waals surface area contributed by atoms with E-state index >= 15 is 0 Å². The van der Waals surface area contributed by atoms with Crippen molar-refractivity contribution in [2.24, 2.45) is 0 Å². The van der Waals surface area contributed by atoms with Crippen LogP contribution in [0.5, 0.6) is 57.5 Å². The van der Waals surface area contributed by atoms with E-state index in [1.54, 1.807) is 142 Å². The predicted octanol–water partition coefficient (Wildman–Crippen LogP) is 16.1. The minimum Gasteiger partial charge on any atom is -0.456 e. The summed E-state index contributed by atoms with van der Waals surface area (Å²) in [5.41, 5.74) is 4.81. The number of carbonyl (C=O) groups is 5. The lowest BCUT2D eigenvalue weighted by Gasteiger charge is -2.06. The maximum Gasteiger partial charge on any atom is 0.188 e. The molecule has 580 valence electrons. The van der Waals surface area contributed by atoms with E-state index in [1.165, 1.54) is 122 Å². The monoisotopic (exact) mass is 1600 g/mol. The number of ether oxygens (including phenoxy) is 5. The Balaban J connectivity index is 0.000000135. The standard InChI is InChI=1S/C18H12N4O2S.C18H15N3O2.C17H13FN4O2.C16H11FN4O2.C16H13N3O2S/c23-16(8-18-22-14-3-1-2-4-17(14)25-18)15-7-12(5-6-21-15)24-13-9-19-11-20-10-13;1-13-4-2-5-14(21-13)10-18(22)17-11-15(7-9-20-17)23-16-6-3-8-19-12-16;1-11-4-14(18)15(22-7-11)6-17(23)16-5-12(2-3-21-16)24-13-8-19-10-20-9-13;17-13-2-1-4-20-14(13)7-16(22)15-6-11(3-5-21-15)23-12-8-18-10-19-9-12;1-11-9-19-16(22-11)8-15(20)14-7-12(4-6-18-14)21-13-3-2-5-17-10-13/h1-7,9-11H,8H2;2-9,11-12H,10H2,1H3;2-5,7-10H,6H2,1H3;1-6,8-10H,7H2;2-7,9-10H,8H2,1H3. The minimum absolute atomic E-state index is 0.0778. The third kappa shape index (κ3) is 25.3. The van der Waals surface area contributed by atoms with Crippen LogP contribution in [0.1, 0.15) is 95.7 Å². The number of rotatable bonds is 25. The van der Waals surface area contributed by atoms with Crippen LogP contribution in [0.3, 0.4) is 0 Å². The molecule has 15 aromatic heterocycles. The average molecular weight is 1600 g/mol. The maximum atomic E-state index is 13.8. The number of Topliss-reactive ketones (excluding diaryl/α,β-unsaturated/α-hetero) is 5. The van der Waals surface area contributed by atoms with Crippen LogP contribution in [0, 0.1) is 32.4 Å². The first-order valence-electron chi connectivity index (χ1n) is 35.3. The summed E-state index contributed by atoms with van der Waals surface area (Å²) >= 11 is 3.04. The number of benzene rings is 1. The minimum atomic E-state index is -0.519. The van der Waals surface area contributed by atoms with Gasteiger partial charge in [0.1, 0.15) is 109 Å². The molecule has 15 heterocycles. The summed E-state index contributed by atoms with van der Waals surface area (Å²) in [6, 6.07) is 40.8. The van der Waals surface area contributed by atoms with Gasteiger partial charge < -0.3 is 23.7 Å². The number of pyridine rings is 10. The molecule has 0 radical (unpaired) electrons. The number of aryl methyl sites for hydroxylation is 3. The zero-order chi connectivity index (χ0) is 81.5. The van der Waals surface area contributed by atoms with Crippen LogP contribution in [0.2, 0.25) is 0 Å². The number of fused-ring (bicyclic) bond motifs is 1. The topological polar surface area (TPSA) is 364 Å². The maximum absolute atomic E-state index is 13.8. The molecule has 16 aromatic rings. The molecule has 117 heavy (non-hydrogen) atoms. The Morgan fingerprint density at radius 3 is 1.15 bits per heavy atom. The van der Waals surface area contributed by atoms with Crippen molar-refractivity contribution < 1.29 is 56.4 Å². The summed E-state index contributed by atoms with van der Waals surface area (Å²) < 4.78 is 56.5. The molecule has 16 rings (SSSR count). The smallest absolute Gasteiger partial charge is 0.188 e. The first-order chi connectivity index (χ1) is 57.0. The fourth-order valence-corrected chi connectivity index (χ4v) is 12.0. The molecule has 0 aliphatic heterocycles. The third-order valence-electron chi connectivity index (χ3n) is 15.6. The van der Waals surface area contributed by atoms with Crippen LogP contribution in [0.25, 0.3) is 10.2 Å².